The van der Waals surface area contributed by atoms with E-state index in [0.29, 0.717) is 11.8 Å². The Balaban J connectivity index is 1.39. The number of hydrogen-bond acceptors (Lipinski definition) is 2. The normalized spacial score (nSPS) is 22.0. The van der Waals surface area contributed by atoms with E-state index >= 15 is 0 Å². The smallest absolute Gasteiger partial charge is 0.0455 e. The van der Waals surface area contributed by atoms with Crippen LogP contribution >= 0.6 is 0 Å². The molecule has 2 atom stereocenters. The van der Waals surface area contributed by atoms with Crippen LogP contribution in [0.25, 0.3) is 45.2 Å². The molecule has 0 saturated carbocycles. The van der Waals surface area contributed by atoms with Crippen LogP contribution in [0.3, 0.4) is 0 Å². The molecule has 0 fully saturated rings. The first-order chi connectivity index (χ1) is 22.2. The van der Waals surface area contributed by atoms with Gasteiger partial charge < -0.3 is 5.32 Å². The Labute approximate surface area is 266 Å². The van der Waals surface area contributed by atoms with Gasteiger partial charge in [-0.2, -0.15) is 0 Å². The van der Waals surface area contributed by atoms with Crippen LogP contribution in [0.4, 0.5) is 0 Å². The number of dihydropyridines is 2. The number of fused-ring (bicyclic) bond motifs is 2. The summed E-state index contributed by atoms with van der Waals surface area (Å²) in [5.74, 6) is 0.824. The molecule has 2 nitrogen and oxygen atoms in total. The van der Waals surface area contributed by atoms with Crippen molar-refractivity contribution in [1.82, 2.24) is 5.32 Å². The third kappa shape index (κ3) is 5.23. The number of rotatable bonds is 5. The highest BCUT2D eigenvalue weighted by molar-refractivity contribution is 6.05. The van der Waals surface area contributed by atoms with Gasteiger partial charge in [0.25, 0.3) is 0 Å². The van der Waals surface area contributed by atoms with E-state index in [4.69, 9.17) is 0 Å². The number of nitrogens with zero attached hydrogens (tertiary/aromatic N) is 1. The van der Waals surface area contributed by atoms with Crippen LogP contribution in [0.5, 0.6) is 0 Å². The van der Waals surface area contributed by atoms with Crippen LogP contribution < -0.4 is 15.8 Å². The predicted molar refractivity (Wildman–Crippen MR) is 193 cm³/mol. The minimum absolute atomic E-state index is 0.406. The summed E-state index contributed by atoms with van der Waals surface area (Å²) in [5.41, 5.74) is 12.3. The summed E-state index contributed by atoms with van der Waals surface area (Å²) in [4.78, 5) is 4.52. The van der Waals surface area contributed by atoms with Crippen molar-refractivity contribution >= 4 is 40.3 Å². The highest BCUT2D eigenvalue weighted by Crippen LogP contribution is 2.38. The average molecular weight is 585 g/mol. The van der Waals surface area contributed by atoms with Crippen molar-refractivity contribution in [3.8, 4) is 11.1 Å². The van der Waals surface area contributed by atoms with Gasteiger partial charge in [-0.15, -0.1) is 0 Å². The van der Waals surface area contributed by atoms with Gasteiger partial charge in [0, 0.05) is 31.1 Å². The summed E-state index contributed by atoms with van der Waals surface area (Å²) < 4.78 is 0. The minimum Gasteiger partial charge on any atom is -0.387 e. The number of allylic oxidation sites excluding steroid dienone is 11. The van der Waals surface area contributed by atoms with Crippen LogP contribution in [0.15, 0.2) is 119 Å². The molecule has 2 aliphatic heterocycles. The van der Waals surface area contributed by atoms with Gasteiger partial charge >= 0.3 is 0 Å². The van der Waals surface area contributed by atoms with Crippen LogP contribution in [0.1, 0.15) is 61.6 Å². The highest BCUT2D eigenvalue weighted by Gasteiger charge is 2.22. The summed E-state index contributed by atoms with van der Waals surface area (Å²) >= 11 is 0. The minimum atomic E-state index is 0.406. The van der Waals surface area contributed by atoms with Gasteiger partial charge in [-0.1, -0.05) is 91.9 Å². The lowest BCUT2D eigenvalue weighted by Crippen LogP contribution is -2.33. The van der Waals surface area contributed by atoms with E-state index in [1.165, 1.54) is 71.3 Å². The van der Waals surface area contributed by atoms with Gasteiger partial charge in [0.15, 0.2) is 0 Å². The van der Waals surface area contributed by atoms with E-state index in [-0.39, 0.29) is 0 Å². The van der Waals surface area contributed by atoms with Crippen molar-refractivity contribution in [3.63, 3.8) is 0 Å². The van der Waals surface area contributed by atoms with E-state index in [0.717, 1.165) is 45.2 Å². The molecule has 0 aromatic heterocycles. The molecule has 222 valence electrons. The van der Waals surface area contributed by atoms with Gasteiger partial charge in [-0.3, -0.25) is 4.99 Å². The molecule has 2 unspecified atom stereocenters. The Kier molecular flexibility index (Phi) is 7.43. The molecule has 3 aliphatic carbocycles. The number of benzene rings is 3. The van der Waals surface area contributed by atoms with Crippen molar-refractivity contribution in [3.05, 3.63) is 142 Å². The maximum atomic E-state index is 4.52. The first-order valence-corrected chi connectivity index (χ1v) is 16.7. The molecule has 0 amide bonds. The summed E-state index contributed by atoms with van der Waals surface area (Å²) in [6, 6.07) is 16.6. The molecule has 3 aromatic carbocycles. The van der Waals surface area contributed by atoms with E-state index < -0.39 is 0 Å². The van der Waals surface area contributed by atoms with Gasteiger partial charge in [-0.25, -0.2) is 0 Å². The molecular formula is C43H40N2. The second kappa shape index (κ2) is 12.0. The molecule has 0 spiro atoms. The van der Waals surface area contributed by atoms with Crippen molar-refractivity contribution in [1.29, 1.82) is 0 Å². The molecule has 0 radical (unpaired) electrons. The number of nitrogens with one attached hydrogen (secondary N) is 1. The van der Waals surface area contributed by atoms with Crippen molar-refractivity contribution in [2.75, 3.05) is 13.1 Å². The van der Waals surface area contributed by atoms with Crippen molar-refractivity contribution in [2.24, 2.45) is 10.9 Å². The first kappa shape index (κ1) is 27.8. The zero-order valence-corrected chi connectivity index (χ0v) is 26.1. The largest absolute Gasteiger partial charge is 0.387 e. The van der Waals surface area contributed by atoms with E-state index in [1.54, 1.807) is 0 Å². The molecule has 2 heteroatoms. The van der Waals surface area contributed by atoms with Crippen molar-refractivity contribution < 1.29 is 0 Å². The molecule has 0 bridgehead atoms. The lowest BCUT2D eigenvalue weighted by atomic mass is 9.80. The van der Waals surface area contributed by atoms with E-state index in [1.807, 2.05) is 6.21 Å². The zero-order chi connectivity index (χ0) is 30.2. The molecule has 1 N–H and O–H groups in total. The van der Waals surface area contributed by atoms with Crippen LogP contribution in [-0.2, 0) is 0 Å². The molecular weight excluding hydrogens is 544 g/mol. The van der Waals surface area contributed by atoms with Gasteiger partial charge in [0.2, 0.25) is 0 Å². The topological polar surface area (TPSA) is 24.4 Å². The molecule has 5 aliphatic rings. The van der Waals surface area contributed by atoms with E-state index in [9.17, 15) is 0 Å². The monoisotopic (exact) mass is 584 g/mol. The van der Waals surface area contributed by atoms with Crippen LogP contribution in [0, 0.1) is 5.92 Å². The maximum Gasteiger partial charge on any atom is 0.0455 e. The lowest BCUT2D eigenvalue weighted by Gasteiger charge is -2.24. The quantitative estimate of drug-likeness (QED) is 0.319. The molecule has 0 saturated heterocycles. The Morgan fingerprint density at radius 2 is 1.71 bits per heavy atom. The highest BCUT2D eigenvalue weighted by atomic mass is 14.8. The fraction of sp³-hybridized carbons (Fsp3) is 0.233. The Hall–Kier alpha value is -4.69. The fourth-order valence-electron chi connectivity index (χ4n) is 7.76. The van der Waals surface area contributed by atoms with Crippen LogP contribution in [-0.4, -0.2) is 19.3 Å². The van der Waals surface area contributed by atoms with Gasteiger partial charge in [-0.05, 0) is 134 Å². The summed E-state index contributed by atoms with van der Waals surface area (Å²) in [5, 5.41) is 8.88. The SMILES string of the molecule is CC1CN=CC=C1c1cccc(-c2c3c(c(C4=CC(C5=CCNC=C5)=CCC4)c4ccc(C5C=CC=CC5)cc24)=CCCC=3)c1. The predicted octanol–water partition coefficient (Wildman–Crippen LogP) is 8.71. The Morgan fingerprint density at radius 1 is 0.822 bits per heavy atom. The van der Waals surface area contributed by atoms with Gasteiger partial charge in [0.1, 0.15) is 0 Å². The third-order valence-electron chi connectivity index (χ3n) is 10.0. The molecule has 45 heavy (non-hydrogen) atoms. The second-order valence-corrected chi connectivity index (χ2v) is 12.9. The number of aliphatic imine (C=N–C) groups is 1. The van der Waals surface area contributed by atoms with Crippen molar-refractivity contribution in [2.45, 2.75) is 44.9 Å². The van der Waals surface area contributed by atoms with E-state index in [2.05, 4.69) is 133 Å². The standard InChI is InChI=1S/C43H40N2/c1-29-28-45-24-21-37(29)34-12-8-14-36(26-34)43-39-16-6-5-15-38(39)42(35-13-7-11-32(25-35)31-19-22-44-23-20-31)40-18-17-33(27-41(40)43)30-9-3-2-4-10-30/h2-4,8-9,11-12,14-22,24-27,29-30,44H,5-7,10,13,23,28H2,1H3. The lowest BCUT2D eigenvalue weighted by molar-refractivity contribution is 0.758. The summed E-state index contributed by atoms with van der Waals surface area (Å²) in [6.45, 7) is 4.03. The summed E-state index contributed by atoms with van der Waals surface area (Å²) in [6.07, 6.45) is 35.1. The maximum absolute atomic E-state index is 4.52. The average Bonchev–Trinajstić information content (AvgIpc) is 3.11. The van der Waals surface area contributed by atoms with Crippen LogP contribution in [0.2, 0.25) is 0 Å². The molecule has 3 aromatic rings. The second-order valence-electron chi connectivity index (χ2n) is 12.9. The summed E-state index contributed by atoms with van der Waals surface area (Å²) in [7, 11) is 0. The Morgan fingerprint density at radius 3 is 2.53 bits per heavy atom. The third-order valence-corrected chi connectivity index (χ3v) is 10.0. The number of hydrogen-bond donors (Lipinski definition) is 1. The molecule has 8 rings (SSSR count). The first-order valence-electron chi connectivity index (χ1n) is 16.7. The fourth-order valence-corrected chi connectivity index (χ4v) is 7.76. The molecule has 2 heterocycles. The Bertz CT molecular complexity index is 2070. The zero-order valence-electron chi connectivity index (χ0n) is 26.1. The van der Waals surface area contributed by atoms with Gasteiger partial charge in [0.05, 0.1) is 0 Å².